The summed E-state index contributed by atoms with van der Waals surface area (Å²) in [4.78, 5) is 13.3. The first-order chi connectivity index (χ1) is 8.27. The molecular formula is C14H20N2O. The lowest BCUT2D eigenvalue weighted by Gasteiger charge is -2.22. The van der Waals surface area contributed by atoms with Gasteiger partial charge in [0.2, 0.25) is 5.91 Å². The molecule has 1 amide bonds. The average Bonchev–Trinajstić information content (AvgIpc) is 2.37. The highest BCUT2D eigenvalue weighted by Gasteiger charge is 2.17. The molecule has 1 rings (SSSR count). The molecule has 17 heavy (non-hydrogen) atoms. The van der Waals surface area contributed by atoms with Gasteiger partial charge in [0.05, 0.1) is 12.6 Å². The van der Waals surface area contributed by atoms with Gasteiger partial charge in [-0.1, -0.05) is 38.0 Å². The second-order valence-electron chi connectivity index (χ2n) is 4.65. The minimum Gasteiger partial charge on any atom is -0.318 e. The minimum atomic E-state index is 0.0232. The highest BCUT2D eigenvalue weighted by Crippen LogP contribution is 2.27. The van der Waals surface area contributed by atoms with Gasteiger partial charge in [-0.2, -0.15) is 5.26 Å². The number of carbonyl (C=O) groups excluding carboxylic acids is 1. The van der Waals surface area contributed by atoms with E-state index in [2.05, 4.69) is 5.92 Å². The van der Waals surface area contributed by atoms with Gasteiger partial charge in [0.25, 0.3) is 0 Å². The van der Waals surface area contributed by atoms with Crippen molar-refractivity contribution in [2.45, 2.75) is 44.9 Å². The van der Waals surface area contributed by atoms with Crippen molar-refractivity contribution in [1.29, 1.82) is 5.26 Å². The Labute approximate surface area is 104 Å². The maximum atomic E-state index is 11.8. The van der Waals surface area contributed by atoms with Gasteiger partial charge in [-0.15, -0.1) is 6.42 Å². The molecule has 0 radical (unpaired) electrons. The summed E-state index contributed by atoms with van der Waals surface area (Å²) in [6.07, 6.45) is 13.1. The molecule has 3 nitrogen and oxygen atoms in total. The summed E-state index contributed by atoms with van der Waals surface area (Å²) < 4.78 is 0. The van der Waals surface area contributed by atoms with Crippen LogP contribution in [-0.4, -0.2) is 23.9 Å². The van der Waals surface area contributed by atoms with Crippen LogP contribution in [0.2, 0.25) is 0 Å². The lowest BCUT2D eigenvalue weighted by atomic mass is 9.86. The molecule has 0 spiro atoms. The fourth-order valence-electron chi connectivity index (χ4n) is 2.39. The molecule has 1 saturated carbocycles. The molecule has 1 aliphatic rings. The van der Waals surface area contributed by atoms with Crippen LogP contribution in [0.15, 0.2) is 0 Å². The number of nitriles is 1. The summed E-state index contributed by atoms with van der Waals surface area (Å²) in [6.45, 7) is 0.352. The Bertz CT molecular complexity index is 302. The third-order valence-corrected chi connectivity index (χ3v) is 3.39. The summed E-state index contributed by atoms with van der Waals surface area (Å²) in [6, 6.07) is 1.98. The molecule has 0 saturated heterocycles. The zero-order valence-corrected chi connectivity index (χ0v) is 10.3. The quantitative estimate of drug-likeness (QED) is 0.539. The molecule has 0 aliphatic heterocycles. The van der Waals surface area contributed by atoms with E-state index in [1.54, 1.807) is 0 Å². The van der Waals surface area contributed by atoms with Crippen LogP contribution in [0.3, 0.4) is 0 Å². The first kappa shape index (κ1) is 13.6. The predicted octanol–water partition coefficient (Wildman–Crippen LogP) is 2.33. The van der Waals surface area contributed by atoms with E-state index in [0.29, 0.717) is 12.3 Å². The second kappa shape index (κ2) is 7.74. The summed E-state index contributed by atoms with van der Waals surface area (Å²) in [7, 11) is 0. The lowest BCUT2D eigenvalue weighted by molar-refractivity contribution is -0.130. The maximum Gasteiger partial charge on any atom is 0.224 e. The van der Waals surface area contributed by atoms with Crippen LogP contribution in [-0.2, 0) is 4.79 Å². The van der Waals surface area contributed by atoms with Crippen LogP contribution >= 0.6 is 0 Å². The topological polar surface area (TPSA) is 44.1 Å². The van der Waals surface area contributed by atoms with Crippen molar-refractivity contribution in [2.75, 3.05) is 13.1 Å². The SMILES string of the molecule is C#CCN(CC#N)C(=O)CCC1CCCCC1. The summed E-state index contributed by atoms with van der Waals surface area (Å²) in [5.41, 5.74) is 0. The number of rotatable bonds is 5. The van der Waals surface area contributed by atoms with Crippen molar-refractivity contribution in [1.82, 2.24) is 4.90 Å². The Morgan fingerprint density at radius 3 is 2.59 bits per heavy atom. The minimum absolute atomic E-state index is 0.0232. The molecule has 0 N–H and O–H groups in total. The second-order valence-corrected chi connectivity index (χ2v) is 4.65. The zero-order valence-electron chi connectivity index (χ0n) is 10.3. The molecule has 0 atom stereocenters. The van der Waals surface area contributed by atoms with Crippen LogP contribution in [0.5, 0.6) is 0 Å². The Hall–Kier alpha value is -1.48. The molecule has 92 valence electrons. The van der Waals surface area contributed by atoms with Gasteiger partial charge in [-0.05, 0) is 12.3 Å². The van der Waals surface area contributed by atoms with Crippen molar-refractivity contribution in [3.63, 3.8) is 0 Å². The molecule has 0 aromatic heterocycles. The van der Waals surface area contributed by atoms with E-state index in [4.69, 9.17) is 11.7 Å². The summed E-state index contributed by atoms with van der Waals surface area (Å²) in [5, 5.41) is 8.62. The van der Waals surface area contributed by atoms with Gasteiger partial charge in [-0.25, -0.2) is 0 Å². The highest BCUT2D eigenvalue weighted by molar-refractivity contribution is 5.76. The Balaban J connectivity index is 2.31. The highest BCUT2D eigenvalue weighted by atomic mass is 16.2. The summed E-state index contributed by atoms with van der Waals surface area (Å²) >= 11 is 0. The molecule has 1 fully saturated rings. The summed E-state index contributed by atoms with van der Waals surface area (Å²) in [5.74, 6) is 3.15. The van der Waals surface area contributed by atoms with E-state index in [1.165, 1.54) is 37.0 Å². The van der Waals surface area contributed by atoms with Crippen LogP contribution in [0.1, 0.15) is 44.9 Å². The predicted molar refractivity (Wildman–Crippen MR) is 66.8 cm³/mol. The molecule has 0 heterocycles. The fraction of sp³-hybridized carbons (Fsp3) is 0.714. The number of nitrogens with zero attached hydrogens (tertiary/aromatic N) is 2. The largest absolute Gasteiger partial charge is 0.318 e. The Kier molecular flexibility index (Phi) is 6.18. The van der Waals surface area contributed by atoms with Crippen LogP contribution < -0.4 is 0 Å². The molecule has 0 aromatic rings. The van der Waals surface area contributed by atoms with Gasteiger partial charge in [0.1, 0.15) is 6.54 Å². The van der Waals surface area contributed by atoms with Gasteiger partial charge in [0.15, 0.2) is 0 Å². The molecule has 0 bridgehead atoms. The normalized spacial score (nSPS) is 15.9. The van der Waals surface area contributed by atoms with E-state index >= 15 is 0 Å². The number of hydrogen-bond acceptors (Lipinski definition) is 2. The standard InChI is InChI=1S/C14H20N2O/c1-2-11-16(12-10-15)14(17)9-8-13-6-4-3-5-7-13/h1,13H,3-9,11-12H2. The van der Waals surface area contributed by atoms with E-state index < -0.39 is 0 Å². The number of amides is 1. The zero-order chi connectivity index (χ0) is 12.5. The fourth-order valence-corrected chi connectivity index (χ4v) is 2.39. The molecular weight excluding hydrogens is 212 g/mol. The number of carbonyl (C=O) groups is 1. The number of hydrogen-bond donors (Lipinski definition) is 0. The van der Waals surface area contributed by atoms with Crippen molar-refractivity contribution in [3.8, 4) is 18.4 Å². The van der Waals surface area contributed by atoms with Gasteiger partial charge in [0, 0.05) is 6.42 Å². The van der Waals surface area contributed by atoms with Gasteiger partial charge >= 0.3 is 0 Å². The molecule has 3 heteroatoms. The van der Waals surface area contributed by atoms with E-state index in [1.807, 2.05) is 6.07 Å². The Morgan fingerprint density at radius 1 is 1.29 bits per heavy atom. The molecule has 1 aliphatic carbocycles. The molecule has 0 unspecified atom stereocenters. The smallest absolute Gasteiger partial charge is 0.224 e. The van der Waals surface area contributed by atoms with Gasteiger partial charge < -0.3 is 4.90 Å². The van der Waals surface area contributed by atoms with Crippen molar-refractivity contribution in [2.24, 2.45) is 5.92 Å². The Morgan fingerprint density at radius 2 is 2.00 bits per heavy atom. The van der Waals surface area contributed by atoms with Crippen LogP contribution in [0, 0.1) is 29.6 Å². The van der Waals surface area contributed by atoms with E-state index in [-0.39, 0.29) is 19.0 Å². The van der Waals surface area contributed by atoms with Gasteiger partial charge in [-0.3, -0.25) is 4.79 Å². The van der Waals surface area contributed by atoms with Crippen molar-refractivity contribution >= 4 is 5.91 Å². The van der Waals surface area contributed by atoms with E-state index in [0.717, 1.165) is 6.42 Å². The third kappa shape index (κ3) is 4.91. The first-order valence-corrected chi connectivity index (χ1v) is 6.36. The van der Waals surface area contributed by atoms with Crippen molar-refractivity contribution in [3.05, 3.63) is 0 Å². The molecule has 0 aromatic carbocycles. The average molecular weight is 232 g/mol. The van der Waals surface area contributed by atoms with Crippen molar-refractivity contribution < 1.29 is 4.79 Å². The monoisotopic (exact) mass is 232 g/mol. The maximum absolute atomic E-state index is 11.8. The lowest BCUT2D eigenvalue weighted by Crippen LogP contribution is -2.32. The van der Waals surface area contributed by atoms with Crippen LogP contribution in [0.25, 0.3) is 0 Å². The van der Waals surface area contributed by atoms with Crippen LogP contribution in [0.4, 0.5) is 0 Å². The third-order valence-electron chi connectivity index (χ3n) is 3.39. The van der Waals surface area contributed by atoms with E-state index in [9.17, 15) is 4.79 Å². The first-order valence-electron chi connectivity index (χ1n) is 6.36. The number of terminal acetylenes is 1.